The van der Waals surface area contributed by atoms with Crippen molar-refractivity contribution in [3.8, 4) is 5.75 Å². The quantitative estimate of drug-likeness (QED) is 0.585. The van der Waals surface area contributed by atoms with Crippen LogP contribution in [0, 0.1) is 11.3 Å². The maximum Gasteiger partial charge on any atom is 0.123 e. The number of benzene rings is 1. The number of ether oxygens (including phenoxy) is 1. The minimum atomic E-state index is -0.0268. The van der Waals surface area contributed by atoms with Gasteiger partial charge in [0.25, 0.3) is 0 Å². The third kappa shape index (κ3) is 3.26. The Labute approximate surface area is 132 Å². The molecule has 1 unspecified atom stereocenters. The van der Waals surface area contributed by atoms with Gasteiger partial charge in [0.2, 0.25) is 0 Å². The van der Waals surface area contributed by atoms with E-state index >= 15 is 0 Å². The van der Waals surface area contributed by atoms with Crippen LogP contribution in [0.4, 0.5) is 0 Å². The van der Waals surface area contributed by atoms with E-state index in [2.05, 4.69) is 13.8 Å². The summed E-state index contributed by atoms with van der Waals surface area (Å²) in [5.74, 6) is 1.50. The summed E-state index contributed by atoms with van der Waals surface area (Å²) in [6, 6.07) is 5.75. The molecule has 112 valence electrons. The highest BCUT2D eigenvalue weighted by Gasteiger charge is 2.42. The second kappa shape index (κ2) is 6.58. The van der Waals surface area contributed by atoms with E-state index in [0.717, 1.165) is 22.8 Å². The summed E-state index contributed by atoms with van der Waals surface area (Å²) in [5.41, 5.74) is 1.23. The molecule has 1 aromatic carbocycles. The van der Waals surface area contributed by atoms with E-state index in [1.807, 2.05) is 18.2 Å². The summed E-state index contributed by atoms with van der Waals surface area (Å²) in [5, 5.41) is 0.699. The first-order chi connectivity index (χ1) is 9.48. The van der Waals surface area contributed by atoms with Gasteiger partial charge in [0, 0.05) is 10.6 Å². The zero-order valence-electron chi connectivity index (χ0n) is 12.6. The maximum atomic E-state index is 6.93. The highest BCUT2D eigenvalue weighted by Crippen LogP contribution is 2.56. The van der Waals surface area contributed by atoms with E-state index in [1.165, 1.54) is 25.7 Å². The van der Waals surface area contributed by atoms with Crippen LogP contribution in [0.3, 0.4) is 0 Å². The van der Waals surface area contributed by atoms with Gasteiger partial charge in [-0.1, -0.05) is 38.3 Å². The van der Waals surface area contributed by atoms with Gasteiger partial charge in [-0.2, -0.15) is 0 Å². The zero-order chi connectivity index (χ0) is 14.8. The number of rotatable bonds is 5. The molecule has 1 saturated carbocycles. The van der Waals surface area contributed by atoms with Crippen molar-refractivity contribution in [2.75, 3.05) is 7.11 Å². The van der Waals surface area contributed by atoms with Crippen LogP contribution in [0.5, 0.6) is 5.75 Å². The van der Waals surface area contributed by atoms with Gasteiger partial charge in [-0.05, 0) is 48.8 Å². The molecular weight excluding hydrogens is 291 g/mol. The Kier molecular flexibility index (Phi) is 5.25. The molecule has 0 spiro atoms. The first-order valence-corrected chi connectivity index (χ1v) is 8.27. The lowest BCUT2D eigenvalue weighted by Gasteiger charge is -2.36. The maximum absolute atomic E-state index is 6.93. The Hall–Kier alpha value is -0.400. The minimum absolute atomic E-state index is 0.0268. The number of alkyl halides is 1. The molecule has 1 fully saturated rings. The number of hydrogen-bond donors (Lipinski definition) is 0. The first-order valence-electron chi connectivity index (χ1n) is 7.46. The first kappa shape index (κ1) is 16.0. The second-order valence-corrected chi connectivity index (χ2v) is 7.29. The molecule has 20 heavy (non-hydrogen) atoms. The van der Waals surface area contributed by atoms with Crippen LogP contribution >= 0.6 is 23.2 Å². The lowest BCUT2D eigenvalue weighted by atomic mass is 9.73. The van der Waals surface area contributed by atoms with Crippen molar-refractivity contribution in [2.24, 2.45) is 11.3 Å². The van der Waals surface area contributed by atoms with E-state index in [4.69, 9.17) is 27.9 Å². The van der Waals surface area contributed by atoms with Crippen LogP contribution in [0.1, 0.15) is 56.9 Å². The van der Waals surface area contributed by atoms with Crippen molar-refractivity contribution in [3.63, 3.8) is 0 Å². The van der Waals surface area contributed by atoms with E-state index < -0.39 is 0 Å². The van der Waals surface area contributed by atoms with Crippen LogP contribution in [0.25, 0.3) is 0 Å². The van der Waals surface area contributed by atoms with Crippen molar-refractivity contribution in [2.45, 2.75) is 51.3 Å². The van der Waals surface area contributed by atoms with Gasteiger partial charge in [-0.25, -0.2) is 0 Å². The fourth-order valence-electron chi connectivity index (χ4n) is 3.69. The van der Waals surface area contributed by atoms with Crippen molar-refractivity contribution >= 4 is 23.2 Å². The van der Waals surface area contributed by atoms with Gasteiger partial charge in [-0.3, -0.25) is 0 Å². The van der Waals surface area contributed by atoms with Crippen molar-refractivity contribution in [1.29, 1.82) is 0 Å². The van der Waals surface area contributed by atoms with Gasteiger partial charge in [0.15, 0.2) is 0 Å². The Bertz CT molecular complexity index is 450. The van der Waals surface area contributed by atoms with Crippen LogP contribution in [-0.2, 0) is 0 Å². The van der Waals surface area contributed by atoms with Gasteiger partial charge >= 0.3 is 0 Å². The fraction of sp³-hybridized carbons (Fsp3) is 0.647. The molecular formula is C17H24Cl2O. The van der Waals surface area contributed by atoms with Crippen LogP contribution in [0.15, 0.2) is 18.2 Å². The summed E-state index contributed by atoms with van der Waals surface area (Å²) in [6.07, 6.45) is 6.12. The number of hydrogen-bond acceptors (Lipinski definition) is 1. The third-order valence-electron chi connectivity index (χ3n) is 4.42. The molecule has 1 aliphatic rings. The van der Waals surface area contributed by atoms with Crippen molar-refractivity contribution < 1.29 is 4.74 Å². The summed E-state index contributed by atoms with van der Waals surface area (Å²) in [7, 11) is 1.69. The molecule has 1 aromatic rings. The third-order valence-corrected chi connectivity index (χ3v) is 5.35. The van der Waals surface area contributed by atoms with Crippen molar-refractivity contribution in [3.05, 3.63) is 28.8 Å². The Morgan fingerprint density at radius 2 is 1.90 bits per heavy atom. The SMILES string of the molecule is COc1ccc(Cl)cc1C(Cl)C1(CC(C)C)CCCC1. The summed E-state index contributed by atoms with van der Waals surface area (Å²) >= 11 is 13.1. The largest absolute Gasteiger partial charge is 0.496 e. The van der Waals surface area contributed by atoms with Gasteiger partial charge in [0.1, 0.15) is 5.75 Å². The van der Waals surface area contributed by atoms with E-state index in [9.17, 15) is 0 Å². The predicted molar refractivity (Wildman–Crippen MR) is 87.0 cm³/mol. The standard InChI is InChI=1S/C17H24Cl2O/c1-12(2)11-17(8-4-5-9-17)16(19)14-10-13(18)6-7-15(14)20-3/h6-7,10,12,16H,4-5,8-9,11H2,1-3H3. The highest BCUT2D eigenvalue weighted by atomic mass is 35.5. The predicted octanol–water partition coefficient (Wildman–Crippen LogP) is 6.24. The minimum Gasteiger partial charge on any atom is -0.496 e. The molecule has 0 aromatic heterocycles. The van der Waals surface area contributed by atoms with Crippen molar-refractivity contribution in [1.82, 2.24) is 0 Å². The smallest absolute Gasteiger partial charge is 0.123 e. The molecule has 1 atom stereocenters. The Morgan fingerprint density at radius 3 is 2.45 bits per heavy atom. The molecule has 0 radical (unpaired) electrons. The molecule has 0 saturated heterocycles. The molecule has 1 aliphatic carbocycles. The monoisotopic (exact) mass is 314 g/mol. The highest BCUT2D eigenvalue weighted by molar-refractivity contribution is 6.31. The molecule has 3 heteroatoms. The Morgan fingerprint density at radius 1 is 1.25 bits per heavy atom. The van der Waals surface area contributed by atoms with Crippen LogP contribution in [0.2, 0.25) is 5.02 Å². The van der Waals surface area contributed by atoms with E-state index in [-0.39, 0.29) is 10.8 Å². The topological polar surface area (TPSA) is 9.23 Å². The molecule has 0 amide bonds. The summed E-state index contributed by atoms with van der Waals surface area (Å²) in [4.78, 5) is 0. The fourth-order valence-corrected chi connectivity index (χ4v) is 4.34. The number of halogens is 2. The normalized spacial score (nSPS) is 19.3. The molecule has 0 bridgehead atoms. The molecule has 0 aliphatic heterocycles. The summed E-state index contributed by atoms with van der Waals surface area (Å²) in [6.45, 7) is 4.55. The lowest BCUT2D eigenvalue weighted by Crippen LogP contribution is -2.25. The average Bonchev–Trinajstić information content (AvgIpc) is 2.86. The van der Waals surface area contributed by atoms with Gasteiger partial charge < -0.3 is 4.74 Å². The Balaban J connectivity index is 2.36. The molecule has 2 rings (SSSR count). The average molecular weight is 315 g/mol. The van der Waals surface area contributed by atoms with Gasteiger partial charge in [0.05, 0.1) is 12.5 Å². The molecule has 0 N–H and O–H groups in total. The van der Waals surface area contributed by atoms with Crippen LogP contribution < -0.4 is 4.74 Å². The van der Waals surface area contributed by atoms with E-state index in [0.29, 0.717) is 5.92 Å². The van der Waals surface area contributed by atoms with Gasteiger partial charge in [-0.15, -0.1) is 11.6 Å². The zero-order valence-corrected chi connectivity index (χ0v) is 14.1. The van der Waals surface area contributed by atoms with E-state index in [1.54, 1.807) is 7.11 Å². The molecule has 0 heterocycles. The van der Waals surface area contributed by atoms with Crippen LogP contribution in [-0.4, -0.2) is 7.11 Å². The lowest BCUT2D eigenvalue weighted by molar-refractivity contribution is 0.220. The second-order valence-electron chi connectivity index (χ2n) is 6.42. The summed E-state index contributed by atoms with van der Waals surface area (Å²) < 4.78 is 5.49. The molecule has 1 nitrogen and oxygen atoms in total. The number of methoxy groups -OCH3 is 1.